The van der Waals surface area contributed by atoms with Gasteiger partial charge in [-0.05, 0) is 35.7 Å². The summed E-state index contributed by atoms with van der Waals surface area (Å²) in [5.41, 5.74) is 1.39. The molecular formula is C19H18ClN3O3S. The van der Waals surface area contributed by atoms with E-state index in [0.717, 1.165) is 33.2 Å². The molecule has 1 aromatic heterocycles. The summed E-state index contributed by atoms with van der Waals surface area (Å²) in [6.45, 7) is 0.0778. The molecule has 3 aromatic rings. The largest absolute Gasteiger partial charge is 0.475 e. The molecule has 1 heterocycles. The van der Waals surface area contributed by atoms with Gasteiger partial charge < -0.3 is 15.2 Å². The van der Waals surface area contributed by atoms with Crippen molar-refractivity contribution < 1.29 is 14.6 Å². The summed E-state index contributed by atoms with van der Waals surface area (Å²) in [6.07, 6.45) is 1.82. The van der Waals surface area contributed by atoms with E-state index in [9.17, 15) is 4.79 Å². The Balaban J connectivity index is 1.82. The standard InChI is InChI=1S/C19H18ClN3O3S/c20-16-4-2-1-3-12(16)8-18(25)23-14-7-13-11-22-19(26-6-5-24)10-15(13)17(9-14)27-21/h1-4,7,9-11,24H,5-6,8,21H2,(H,23,25). The van der Waals surface area contributed by atoms with Gasteiger partial charge in [0.05, 0.1) is 13.0 Å². The molecule has 6 nitrogen and oxygen atoms in total. The highest BCUT2D eigenvalue weighted by Gasteiger charge is 2.11. The van der Waals surface area contributed by atoms with Crippen molar-refractivity contribution in [2.45, 2.75) is 11.3 Å². The maximum atomic E-state index is 12.4. The van der Waals surface area contributed by atoms with Crippen molar-refractivity contribution in [3.63, 3.8) is 0 Å². The van der Waals surface area contributed by atoms with Crippen LogP contribution in [0.3, 0.4) is 0 Å². The number of hydrogen-bond donors (Lipinski definition) is 3. The monoisotopic (exact) mass is 403 g/mol. The molecule has 0 atom stereocenters. The normalized spacial score (nSPS) is 10.8. The van der Waals surface area contributed by atoms with E-state index in [-0.39, 0.29) is 25.5 Å². The van der Waals surface area contributed by atoms with Crippen molar-refractivity contribution >= 4 is 45.9 Å². The molecular weight excluding hydrogens is 386 g/mol. The van der Waals surface area contributed by atoms with E-state index in [1.807, 2.05) is 24.3 Å². The topological polar surface area (TPSA) is 97.5 Å². The van der Waals surface area contributed by atoms with E-state index < -0.39 is 0 Å². The average molecular weight is 404 g/mol. The number of nitrogens with zero attached hydrogens (tertiary/aromatic N) is 1. The smallest absolute Gasteiger partial charge is 0.228 e. The number of aromatic nitrogens is 1. The van der Waals surface area contributed by atoms with Crippen molar-refractivity contribution in [1.29, 1.82) is 0 Å². The number of fused-ring (bicyclic) bond motifs is 1. The molecule has 0 aliphatic heterocycles. The zero-order chi connectivity index (χ0) is 19.2. The van der Waals surface area contributed by atoms with Gasteiger partial charge in [-0.3, -0.25) is 9.93 Å². The predicted octanol–water partition coefficient (Wildman–Crippen LogP) is 3.41. The number of carbonyl (C=O) groups is 1. The van der Waals surface area contributed by atoms with Crippen LogP contribution in [-0.2, 0) is 11.2 Å². The number of carbonyl (C=O) groups excluding carboxylic acids is 1. The summed E-state index contributed by atoms with van der Waals surface area (Å²) >= 11 is 7.19. The second-order valence-corrected chi connectivity index (χ2v) is 6.81. The molecule has 0 spiro atoms. The number of nitrogens with one attached hydrogen (secondary N) is 1. The van der Waals surface area contributed by atoms with Gasteiger partial charge in [-0.2, -0.15) is 0 Å². The fraction of sp³-hybridized carbons (Fsp3) is 0.158. The van der Waals surface area contributed by atoms with Crippen LogP contribution in [0.4, 0.5) is 5.69 Å². The van der Waals surface area contributed by atoms with Crippen LogP contribution in [0.25, 0.3) is 10.8 Å². The Morgan fingerprint density at radius 1 is 1.30 bits per heavy atom. The second-order valence-electron chi connectivity index (χ2n) is 5.72. The summed E-state index contributed by atoms with van der Waals surface area (Å²) < 4.78 is 5.34. The molecule has 0 radical (unpaired) electrons. The molecule has 140 valence electrons. The zero-order valence-electron chi connectivity index (χ0n) is 14.3. The number of ether oxygens (including phenoxy) is 1. The number of hydrogen-bond acceptors (Lipinski definition) is 6. The first-order chi connectivity index (χ1) is 13.1. The number of aliphatic hydroxyl groups is 1. The number of rotatable bonds is 7. The molecule has 0 aliphatic rings. The first kappa shape index (κ1) is 19.4. The van der Waals surface area contributed by atoms with Crippen LogP contribution < -0.4 is 15.2 Å². The lowest BCUT2D eigenvalue weighted by Crippen LogP contribution is -2.14. The Bertz CT molecular complexity index is 968. The molecule has 1 amide bonds. The number of amides is 1. The number of aliphatic hydroxyl groups excluding tert-OH is 1. The Kier molecular flexibility index (Phi) is 6.52. The summed E-state index contributed by atoms with van der Waals surface area (Å²) in [4.78, 5) is 17.4. The van der Waals surface area contributed by atoms with Crippen molar-refractivity contribution in [3.05, 3.63) is 59.2 Å². The minimum atomic E-state index is -0.175. The number of pyridine rings is 1. The lowest BCUT2D eigenvalue weighted by molar-refractivity contribution is -0.115. The Labute approximate surface area is 165 Å². The molecule has 0 fully saturated rings. The first-order valence-corrected chi connectivity index (χ1v) is 9.44. The minimum absolute atomic E-state index is 0.0887. The fourth-order valence-corrected chi connectivity index (χ4v) is 3.32. The van der Waals surface area contributed by atoms with Gasteiger partial charge >= 0.3 is 0 Å². The summed E-state index contributed by atoms with van der Waals surface area (Å²) in [5, 5.41) is 19.8. The molecule has 0 bridgehead atoms. The Hall–Kier alpha value is -2.32. The molecule has 0 aliphatic carbocycles. The van der Waals surface area contributed by atoms with E-state index in [2.05, 4.69) is 10.3 Å². The Morgan fingerprint density at radius 2 is 2.11 bits per heavy atom. The van der Waals surface area contributed by atoms with Crippen molar-refractivity contribution in [2.24, 2.45) is 5.14 Å². The van der Waals surface area contributed by atoms with Crippen LogP contribution in [0.15, 0.2) is 53.6 Å². The van der Waals surface area contributed by atoms with E-state index >= 15 is 0 Å². The van der Waals surface area contributed by atoms with E-state index in [0.29, 0.717) is 16.6 Å². The van der Waals surface area contributed by atoms with Crippen LogP contribution in [0, 0.1) is 0 Å². The first-order valence-electron chi connectivity index (χ1n) is 8.18. The van der Waals surface area contributed by atoms with Crippen molar-refractivity contribution in [3.8, 4) is 5.88 Å². The van der Waals surface area contributed by atoms with Crippen LogP contribution in [0.2, 0.25) is 5.02 Å². The predicted molar refractivity (Wildman–Crippen MR) is 108 cm³/mol. The van der Waals surface area contributed by atoms with Gasteiger partial charge in [-0.15, -0.1) is 0 Å². The maximum Gasteiger partial charge on any atom is 0.228 e. The molecule has 2 aromatic carbocycles. The fourth-order valence-electron chi connectivity index (χ4n) is 2.62. The van der Waals surface area contributed by atoms with Gasteiger partial charge in [0.15, 0.2) is 0 Å². The van der Waals surface area contributed by atoms with Gasteiger partial charge in [0, 0.05) is 38.6 Å². The molecule has 8 heteroatoms. The SMILES string of the molecule is NSc1cc(NC(=O)Cc2ccccc2Cl)cc2cnc(OCCO)cc12. The number of benzene rings is 2. The third-order valence-electron chi connectivity index (χ3n) is 3.83. The summed E-state index contributed by atoms with van der Waals surface area (Å²) in [6, 6.07) is 12.6. The lowest BCUT2D eigenvalue weighted by atomic mass is 10.1. The molecule has 27 heavy (non-hydrogen) atoms. The van der Waals surface area contributed by atoms with Gasteiger partial charge in [-0.1, -0.05) is 29.8 Å². The third kappa shape index (κ3) is 4.90. The van der Waals surface area contributed by atoms with Gasteiger partial charge in [0.2, 0.25) is 11.8 Å². The van der Waals surface area contributed by atoms with Crippen LogP contribution in [0.1, 0.15) is 5.56 Å². The molecule has 4 N–H and O–H groups in total. The minimum Gasteiger partial charge on any atom is -0.475 e. The van der Waals surface area contributed by atoms with E-state index in [1.54, 1.807) is 24.4 Å². The zero-order valence-corrected chi connectivity index (χ0v) is 15.9. The van der Waals surface area contributed by atoms with Gasteiger partial charge in [0.1, 0.15) is 6.61 Å². The third-order valence-corrected chi connectivity index (χ3v) is 4.79. The van der Waals surface area contributed by atoms with Crippen LogP contribution in [-0.4, -0.2) is 29.2 Å². The molecule has 0 saturated carbocycles. The van der Waals surface area contributed by atoms with Crippen molar-refractivity contribution in [1.82, 2.24) is 4.98 Å². The van der Waals surface area contributed by atoms with E-state index in [4.69, 9.17) is 26.6 Å². The quantitative estimate of drug-likeness (QED) is 0.523. The van der Waals surface area contributed by atoms with Gasteiger partial charge in [0.25, 0.3) is 0 Å². The van der Waals surface area contributed by atoms with Gasteiger partial charge in [-0.25, -0.2) is 4.98 Å². The summed E-state index contributed by atoms with van der Waals surface area (Å²) in [7, 11) is 0. The molecule has 0 unspecified atom stereocenters. The highest BCUT2D eigenvalue weighted by molar-refractivity contribution is 7.97. The average Bonchev–Trinajstić information content (AvgIpc) is 2.67. The number of halogens is 1. The van der Waals surface area contributed by atoms with Crippen LogP contribution in [0.5, 0.6) is 5.88 Å². The molecule has 3 rings (SSSR count). The highest BCUT2D eigenvalue weighted by Crippen LogP contribution is 2.31. The molecule has 0 saturated heterocycles. The number of anilines is 1. The van der Waals surface area contributed by atoms with Crippen molar-refractivity contribution in [2.75, 3.05) is 18.5 Å². The summed E-state index contributed by atoms with van der Waals surface area (Å²) in [5.74, 6) is 0.230. The lowest BCUT2D eigenvalue weighted by Gasteiger charge is -2.11. The van der Waals surface area contributed by atoms with Crippen LogP contribution >= 0.6 is 23.5 Å². The highest BCUT2D eigenvalue weighted by atomic mass is 35.5. The maximum absolute atomic E-state index is 12.4. The second kappa shape index (κ2) is 9.05. The number of nitrogens with two attached hydrogens (primary N) is 1. The Morgan fingerprint density at radius 3 is 2.85 bits per heavy atom. The van der Waals surface area contributed by atoms with E-state index in [1.165, 1.54) is 0 Å².